The minimum absolute atomic E-state index is 0.203. The average Bonchev–Trinajstić information content (AvgIpc) is 2.55. The Labute approximate surface area is 139 Å². The lowest BCUT2D eigenvalue weighted by atomic mass is 10.2. The van der Waals surface area contributed by atoms with Crippen LogP contribution in [-0.2, 0) is 10.0 Å². The summed E-state index contributed by atoms with van der Waals surface area (Å²) in [5, 5.41) is 0. The van der Waals surface area contributed by atoms with Crippen LogP contribution in [0.1, 0.15) is 13.3 Å². The molecule has 0 bridgehead atoms. The number of benzene rings is 1. The summed E-state index contributed by atoms with van der Waals surface area (Å²) < 4.78 is 31.3. The normalized spacial score (nSPS) is 16.5. The highest BCUT2D eigenvalue weighted by Gasteiger charge is 2.19. The van der Waals surface area contributed by atoms with Crippen LogP contribution >= 0.6 is 0 Å². The standard InChI is InChI=1S/C16H27N3O3S/c1-3-14-23(20,21)17-8-9-18-10-12-19(13-11-18)15-6-4-5-7-16(15)22-2/h4-7,17H,3,8-14H2,1-2H3. The average molecular weight is 341 g/mol. The zero-order valence-corrected chi connectivity index (χ0v) is 14.8. The minimum atomic E-state index is -3.10. The molecule has 0 unspecified atom stereocenters. The Morgan fingerprint density at radius 3 is 2.52 bits per heavy atom. The summed E-state index contributed by atoms with van der Waals surface area (Å²) in [5.74, 6) is 1.10. The molecule has 1 N–H and O–H groups in total. The summed E-state index contributed by atoms with van der Waals surface area (Å²) in [6.45, 7) is 6.79. The number of piperazine rings is 1. The van der Waals surface area contributed by atoms with Gasteiger partial charge in [0.05, 0.1) is 18.6 Å². The number of nitrogens with one attached hydrogen (secondary N) is 1. The van der Waals surface area contributed by atoms with Gasteiger partial charge in [-0.05, 0) is 18.6 Å². The van der Waals surface area contributed by atoms with Gasteiger partial charge >= 0.3 is 0 Å². The summed E-state index contributed by atoms with van der Waals surface area (Å²) in [4.78, 5) is 4.61. The lowest BCUT2D eigenvalue weighted by Crippen LogP contribution is -2.48. The van der Waals surface area contributed by atoms with Crippen molar-refractivity contribution in [1.82, 2.24) is 9.62 Å². The monoisotopic (exact) mass is 341 g/mol. The van der Waals surface area contributed by atoms with Gasteiger partial charge in [0.2, 0.25) is 10.0 Å². The van der Waals surface area contributed by atoms with Crippen molar-refractivity contribution in [3.8, 4) is 5.75 Å². The molecule has 1 aliphatic rings. The van der Waals surface area contributed by atoms with Crippen molar-refractivity contribution < 1.29 is 13.2 Å². The number of hydrogen-bond donors (Lipinski definition) is 1. The largest absolute Gasteiger partial charge is 0.495 e. The van der Waals surface area contributed by atoms with Crippen LogP contribution in [0.4, 0.5) is 5.69 Å². The first-order valence-corrected chi connectivity index (χ1v) is 9.78. The molecule has 0 aliphatic carbocycles. The first kappa shape index (κ1) is 18.0. The third-order valence-corrected chi connectivity index (χ3v) is 5.61. The number of nitrogens with zero attached hydrogens (tertiary/aromatic N) is 2. The van der Waals surface area contributed by atoms with E-state index in [1.165, 1.54) is 0 Å². The van der Waals surface area contributed by atoms with Gasteiger partial charge in [-0.2, -0.15) is 0 Å². The first-order valence-electron chi connectivity index (χ1n) is 8.13. The zero-order chi connectivity index (χ0) is 16.7. The SMILES string of the molecule is CCCS(=O)(=O)NCCN1CCN(c2ccccc2OC)CC1. The molecule has 1 aliphatic heterocycles. The Bertz CT molecular complexity index is 584. The van der Waals surface area contributed by atoms with E-state index in [-0.39, 0.29) is 5.75 Å². The Morgan fingerprint density at radius 2 is 1.87 bits per heavy atom. The fourth-order valence-electron chi connectivity index (χ4n) is 2.80. The number of para-hydroxylation sites is 2. The number of rotatable bonds is 8. The molecular weight excluding hydrogens is 314 g/mol. The number of anilines is 1. The van der Waals surface area contributed by atoms with E-state index in [4.69, 9.17) is 4.74 Å². The second-order valence-electron chi connectivity index (χ2n) is 5.71. The Balaban J connectivity index is 1.78. The Kier molecular flexibility index (Phi) is 6.68. The van der Waals surface area contributed by atoms with Crippen LogP contribution in [0.2, 0.25) is 0 Å². The molecule has 23 heavy (non-hydrogen) atoms. The quantitative estimate of drug-likeness (QED) is 0.768. The minimum Gasteiger partial charge on any atom is -0.495 e. The number of ether oxygens (including phenoxy) is 1. The summed E-state index contributed by atoms with van der Waals surface area (Å²) in [5.41, 5.74) is 1.12. The number of hydrogen-bond acceptors (Lipinski definition) is 5. The van der Waals surface area contributed by atoms with Gasteiger partial charge in [-0.25, -0.2) is 13.1 Å². The van der Waals surface area contributed by atoms with E-state index in [1.807, 2.05) is 25.1 Å². The van der Waals surface area contributed by atoms with E-state index < -0.39 is 10.0 Å². The van der Waals surface area contributed by atoms with Crippen LogP contribution in [0.5, 0.6) is 5.75 Å². The van der Waals surface area contributed by atoms with Gasteiger partial charge in [0.25, 0.3) is 0 Å². The van der Waals surface area contributed by atoms with Crippen molar-refractivity contribution >= 4 is 15.7 Å². The van der Waals surface area contributed by atoms with Gasteiger partial charge in [0, 0.05) is 39.3 Å². The topological polar surface area (TPSA) is 61.9 Å². The summed E-state index contributed by atoms with van der Waals surface area (Å²) >= 11 is 0. The van der Waals surface area contributed by atoms with Crippen LogP contribution < -0.4 is 14.4 Å². The molecular formula is C16H27N3O3S. The fraction of sp³-hybridized carbons (Fsp3) is 0.625. The molecule has 0 atom stereocenters. The highest BCUT2D eigenvalue weighted by Crippen LogP contribution is 2.28. The molecule has 0 radical (unpaired) electrons. The second-order valence-corrected chi connectivity index (χ2v) is 7.64. The molecule has 2 rings (SSSR count). The van der Waals surface area contributed by atoms with Crippen molar-refractivity contribution in [3.05, 3.63) is 24.3 Å². The highest BCUT2D eigenvalue weighted by molar-refractivity contribution is 7.89. The van der Waals surface area contributed by atoms with E-state index >= 15 is 0 Å². The predicted octanol–water partition coefficient (Wildman–Crippen LogP) is 1.15. The summed E-state index contributed by atoms with van der Waals surface area (Å²) in [7, 11) is -1.41. The van der Waals surface area contributed by atoms with Crippen LogP contribution in [-0.4, -0.2) is 65.4 Å². The summed E-state index contributed by atoms with van der Waals surface area (Å²) in [6, 6.07) is 8.05. The van der Waals surface area contributed by atoms with Crippen LogP contribution in [0.15, 0.2) is 24.3 Å². The van der Waals surface area contributed by atoms with Gasteiger partial charge in [-0.3, -0.25) is 4.90 Å². The maximum Gasteiger partial charge on any atom is 0.211 e. The van der Waals surface area contributed by atoms with Gasteiger partial charge in [-0.1, -0.05) is 19.1 Å². The van der Waals surface area contributed by atoms with Gasteiger partial charge in [0.15, 0.2) is 0 Å². The van der Waals surface area contributed by atoms with Crippen LogP contribution in [0.3, 0.4) is 0 Å². The third kappa shape index (κ3) is 5.37. The van der Waals surface area contributed by atoms with E-state index in [0.717, 1.165) is 44.2 Å². The smallest absolute Gasteiger partial charge is 0.211 e. The van der Waals surface area contributed by atoms with Crippen molar-refractivity contribution in [2.45, 2.75) is 13.3 Å². The van der Waals surface area contributed by atoms with Crippen LogP contribution in [0.25, 0.3) is 0 Å². The van der Waals surface area contributed by atoms with E-state index in [0.29, 0.717) is 13.0 Å². The van der Waals surface area contributed by atoms with Crippen molar-refractivity contribution in [2.24, 2.45) is 0 Å². The van der Waals surface area contributed by atoms with Gasteiger partial charge < -0.3 is 9.64 Å². The van der Waals surface area contributed by atoms with Gasteiger partial charge in [0.1, 0.15) is 5.75 Å². The lowest BCUT2D eigenvalue weighted by Gasteiger charge is -2.36. The van der Waals surface area contributed by atoms with E-state index in [1.54, 1.807) is 7.11 Å². The summed E-state index contributed by atoms with van der Waals surface area (Å²) in [6.07, 6.45) is 0.646. The Hall–Kier alpha value is -1.31. The molecule has 1 fully saturated rings. The van der Waals surface area contributed by atoms with Crippen molar-refractivity contribution in [2.75, 3.05) is 57.0 Å². The molecule has 0 spiro atoms. The van der Waals surface area contributed by atoms with E-state index in [2.05, 4.69) is 20.6 Å². The number of sulfonamides is 1. The van der Waals surface area contributed by atoms with Crippen molar-refractivity contribution in [1.29, 1.82) is 0 Å². The number of methoxy groups -OCH3 is 1. The first-order chi connectivity index (χ1) is 11.1. The highest BCUT2D eigenvalue weighted by atomic mass is 32.2. The van der Waals surface area contributed by atoms with E-state index in [9.17, 15) is 8.42 Å². The second kappa shape index (κ2) is 8.52. The molecule has 0 saturated carbocycles. The van der Waals surface area contributed by atoms with Gasteiger partial charge in [-0.15, -0.1) is 0 Å². The zero-order valence-electron chi connectivity index (χ0n) is 14.0. The predicted molar refractivity (Wildman–Crippen MR) is 93.7 cm³/mol. The molecule has 0 amide bonds. The fourth-order valence-corrected chi connectivity index (χ4v) is 3.89. The molecule has 6 nitrogen and oxygen atoms in total. The molecule has 130 valence electrons. The molecule has 1 aromatic carbocycles. The molecule has 1 saturated heterocycles. The third-order valence-electron chi connectivity index (χ3n) is 4.02. The van der Waals surface area contributed by atoms with Crippen molar-refractivity contribution in [3.63, 3.8) is 0 Å². The maximum atomic E-state index is 11.6. The molecule has 7 heteroatoms. The Morgan fingerprint density at radius 1 is 1.17 bits per heavy atom. The lowest BCUT2D eigenvalue weighted by molar-refractivity contribution is 0.261. The maximum absolute atomic E-state index is 11.6. The molecule has 1 aromatic rings. The molecule has 0 aromatic heterocycles. The molecule has 1 heterocycles. The van der Waals surface area contributed by atoms with Crippen LogP contribution in [0, 0.1) is 0 Å².